The second-order valence-electron chi connectivity index (χ2n) is 4.78. The van der Waals surface area contributed by atoms with E-state index in [1.807, 2.05) is 0 Å². The summed E-state index contributed by atoms with van der Waals surface area (Å²) in [6, 6.07) is -0.324. The molecule has 0 fully saturated rings. The van der Waals surface area contributed by atoms with Gasteiger partial charge in [0.25, 0.3) is 0 Å². The predicted octanol–water partition coefficient (Wildman–Crippen LogP) is 0.205. The number of aryl methyl sites for hydroxylation is 1. The van der Waals surface area contributed by atoms with E-state index in [0.29, 0.717) is 11.6 Å². The molecule has 7 heteroatoms. The summed E-state index contributed by atoms with van der Waals surface area (Å²) in [5.74, 6) is 0.663. The zero-order valence-electron chi connectivity index (χ0n) is 11.3. The molecule has 0 bridgehead atoms. The lowest BCUT2D eigenvalue weighted by Gasteiger charge is -2.25. The van der Waals surface area contributed by atoms with Crippen LogP contribution in [0.4, 0.5) is 0 Å². The fourth-order valence-corrected chi connectivity index (χ4v) is 1.49. The van der Waals surface area contributed by atoms with Gasteiger partial charge in [-0.2, -0.15) is 5.10 Å². The molecule has 0 aliphatic heterocycles. The number of carbonyl (C=O) groups is 2. The van der Waals surface area contributed by atoms with Crippen LogP contribution in [0.3, 0.4) is 0 Å². The third kappa shape index (κ3) is 3.54. The Morgan fingerprint density at radius 2 is 2.00 bits per heavy atom. The summed E-state index contributed by atoms with van der Waals surface area (Å²) >= 11 is 0. The Balaban J connectivity index is 2.67. The van der Waals surface area contributed by atoms with E-state index >= 15 is 0 Å². The van der Waals surface area contributed by atoms with Crippen LogP contribution in [0.25, 0.3) is 0 Å². The molecule has 0 aliphatic rings. The monoisotopic (exact) mass is 253 g/mol. The molecule has 0 spiro atoms. The quantitative estimate of drug-likeness (QED) is 0.714. The summed E-state index contributed by atoms with van der Waals surface area (Å²) in [5, 5.41) is 12.0. The molecule has 0 saturated carbocycles. The smallest absolute Gasteiger partial charge is 0.245 e. The maximum Gasteiger partial charge on any atom is 0.245 e. The van der Waals surface area contributed by atoms with Crippen LogP contribution in [0.5, 0.6) is 0 Å². The van der Waals surface area contributed by atoms with Crippen LogP contribution in [0.2, 0.25) is 0 Å². The second-order valence-corrected chi connectivity index (χ2v) is 4.78. The van der Waals surface area contributed by atoms with Crippen molar-refractivity contribution in [2.24, 2.45) is 0 Å². The van der Waals surface area contributed by atoms with E-state index in [1.165, 1.54) is 6.92 Å². The molecule has 1 rings (SSSR count). The van der Waals surface area contributed by atoms with Crippen molar-refractivity contribution in [3.63, 3.8) is 0 Å². The first-order chi connectivity index (χ1) is 8.22. The van der Waals surface area contributed by atoms with E-state index in [9.17, 15) is 9.59 Å². The van der Waals surface area contributed by atoms with E-state index in [1.54, 1.807) is 27.7 Å². The van der Waals surface area contributed by atoms with Gasteiger partial charge in [-0.05, 0) is 27.7 Å². The highest BCUT2D eigenvalue weighted by atomic mass is 16.2. The van der Waals surface area contributed by atoms with Crippen molar-refractivity contribution >= 4 is 11.8 Å². The van der Waals surface area contributed by atoms with Crippen molar-refractivity contribution in [1.82, 2.24) is 25.8 Å². The molecular weight excluding hydrogens is 234 g/mol. The van der Waals surface area contributed by atoms with Gasteiger partial charge in [-0.15, -0.1) is 0 Å². The Hall–Kier alpha value is -1.92. The fourth-order valence-electron chi connectivity index (χ4n) is 1.49. The Bertz CT molecular complexity index is 452. The van der Waals surface area contributed by atoms with Gasteiger partial charge in [0.2, 0.25) is 11.8 Å². The van der Waals surface area contributed by atoms with Gasteiger partial charge >= 0.3 is 0 Å². The first-order valence-electron chi connectivity index (χ1n) is 5.71. The highest BCUT2D eigenvalue weighted by Gasteiger charge is 2.30. The maximum atomic E-state index is 12.0. The molecule has 1 heterocycles. The Labute approximate surface area is 106 Å². The van der Waals surface area contributed by atoms with E-state index in [2.05, 4.69) is 25.8 Å². The van der Waals surface area contributed by atoms with Crippen molar-refractivity contribution in [1.29, 1.82) is 0 Å². The molecule has 0 aliphatic carbocycles. The van der Waals surface area contributed by atoms with E-state index in [0.717, 1.165) is 0 Å². The Kier molecular flexibility index (Phi) is 4.05. The van der Waals surface area contributed by atoms with Crippen LogP contribution < -0.4 is 10.6 Å². The molecule has 1 aromatic heterocycles. The summed E-state index contributed by atoms with van der Waals surface area (Å²) < 4.78 is 0. The molecule has 18 heavy (non-hydrogen) atoms. The molecule has 1 atom stereocenters. The van der Waals surface area contributed by atoms with E-state index < -0.39 is 5.54 Å². The third-order valence-electron chi connectivity index (χ3n) is 2.41. The van der Waals surface area contributed by atoms with Crippen molar-refractivity contribution < 1.29 is 9.59 Å². The molecule has 1 unspecified atom stereocenters. The van der Waals surface area contributed by atoms with Crippen LogP contribution in [0.15, 0.2) is 0 Å². The van der Waals surface area contributed by atoms with Crippen LogP contribution in [-0.2, 0) is 9.59 Å². The first-order valence-corrected chi connectivity index (χ1v) is 5.71. The average molecular weight is 253 g/mol. The van der Waals surface area contributed by atoms with Gasteiger partial charge < -0.3 is 10.6 Å². The van der Waals surface area contributed by atoms with Crippen LogP contribution in [0, 0.1) is 6.92 Å². The van der Waals surface area contributed by atoms with Gasteiger partial charge in [0, 0.05) is 6.92 Å². The van der Waals surface area contributed by atoms with E-state index in [4.69, 9.17) is 0 Å². The number of amides is 2. The molecule has 3 N–H and O–H groups in total. The Morgan fingerprint density at radius 3 is 2.44 bits per heavy atom. The zero-order valence-corrected chi connectivity index (χ0v) is 11.3. The minimum atomic E-state index is -0.967. The topological polar surface area (TPSA) is 99.8 Å². The molecule has 2 amide bonds. The highest BCUT2D eigenvalue weighted by molar-refractivity contribution is 5.90. The zero-order chi connectivity index (χ0) is 13.9. The lowest BCUT2D eigenvalue weighted by molar-refractivity contribution is -0.132. The molecule has 0 saturated heterocycles. The van der Waals surface area contributed by atoms with Crippen LogP contribution in [-0.4, -0.2) is 32.5 Å². The fraction of sp³-hybridized carbons (Fsp3) is 0.636. The molecule has 0 radical (unpaired) electrons. The molecule has 100 valence electrons. The van der Waals surface area contributed by atoms with Gasteiger partial charge in [-0.1, -0.05) is 0 Å². The maximum absolute atomic E-state index is 12.0. The summed E-state index contributed by atoms with van der Waals surface area (Å²) in [7, 11) is 0. The summed E-state index contributed by atoms with van der Waals surface area (Å²) in [6.07, 6.45) is 0. The number of aromatic nitrogens is 3. The van der Waals surface area contributed by atoms with Gasteiger partial charge in [-0.25, -0.2) is 4.98 Å². The predicted molar refractivity (Wildman–Crippen MR) is 65.6 cm³/mol. The third-order valence-corrected chi connectivity index (χ3v) is 2.41. The number of H-pyrrole nitrogens is 1. The number of hydrogen-bond donors (Lipinski definition) is 3. The first kappa shape index (κ1) is 14.1. The summed E-state index contributed by atoms with van der Waals surface area (Å²) in [6.45, 7) is 8.22. The number of carbonyl (C=O) groups excluding carboxylic acids is 2. The normalized spacial score (nSPS) is 12.9. The van der Waals surface area contributed by atoms with Crippen molar-refractivity contribution in [2.75, 3.05) is 0 Å². The number of aromatic amines is 1. The van der Waals surface area contributed by atoms with Crippen LogP contribution in [0.1, 0.15) is 45.4 Å². The lowest BCUT2D eigenvalue weighted by Crippen LogP contribution is -2.54. The molecular formula is C11H19N5O2. The second kappa shape index (κ2) is 5.16. The summed E-state index contributed by atoms with van der Waals surface area (Å²) in [5.41, 5.74) is -0.967. The molecule has 7 nitrogen and oxygen atoms in total. The largest absolute Gasteiger partial charge is 0.344 e. The van der Waals surface area contributed by atoms with Crippen molar-refractivity contribution in [2.45, 2.75) is 46.2 Å². The summed E-state index contributed by atoms with van der Waals surface area (Å²) in [4.78, 5) is 27.1. The number of nitrogens with zero attached hydrogens (tertiary/aromatic N) is 2. The standard InChI is InChI=1S/C11H19N5O2/c1-6(9-13-7(2)15-16-9)12-10(18)11(4,5)14-8(3)17/h6H,1-5H3,(H,12,18)(H,14,17)(H,13,15,16). The van der Waals surface area contributed by atoms with Crippen molar-refractivity contribution in [3.8, 4) is 0 Å². The van der Waals surface area contributed by atoms with Crippen LogP contribution >= 0.6 is 0 Å². The van der Waals surface area contributed by atoms with Crippen molar-refractivity contribution in [3.05, 3.63) is 11.6 Å². The Morgan fingerprint density at radius 1 is 1.39 bits per heavy atom. The number of hydrogen-bond acceptors (Lipinski definition) is 4. The molecule has 1 aromatic rings. The number of nitrogens with one attached hydrogen (secondary N) is 3. The SMILES string of the molecule is CC(=O)NC(C)(C)C(=O)NC(C)c1n[nH]c(C)n1. The highest BCUT2D eigenvalue weighted by Crippen LogP contribution is 2.09. The lowest BCUT2D eigenvalue weighted by atomic mass is 10.0. The van der Waals surface area contributed by atoms with Gasteiger partial charge in [0.1, 0.15) is 11.4 Å². The van der Waals surface area contributed by atoms with Gasteiger partial charge in [0.05, 0.1) is 6.04 Å². The average Bonchev–Trinajstić information content (AvgIpc) is 2.62. The minimum Gasteiger partial charge on any atom is -0.344 e. The van der Waals surface area contributed by atoms with E-state index in [-0.39, 0.29) is 17.9 Å². The number of rotatable bonds is 4. The van der Waals surface area contributed by atoms with Gasteiger partial charge in [-0.3, -0.25) is 14.7 Å². The van der Waals surface area contributed by atoms with Gasteiger partial charge in [0.15, 0.2) is 5.82 Å². The molecule has 0 aromatic carbocycles. The minimum absolute atomic E-state index is 0.253.